The number of aryl methyl sites for hydroxylation is 1. The zero-order chi connectivity index (χ0) is 14.1. The van der Waals surface area contributed by atoms with Gasteiger partial charge in [0.1, 0.15) is 16.8 Å². The van der Waals surface area contributed by atoms with E-state index in [1.165, 1.54) is 17.8 Å². The van der Waals surface area contributed by atoms with E-state index in [2.05, 4.69) is 15.1 Å². The summed E-state index contributed by atoms with van der Waals surface area (Å²) in [7, 11) is 1.79. The second-order valence-electron chi connectivity index (χ2n) is 4.16. The van der Waals surface area contributed by atoms with Crippen molar-refractivity contribution in [1.82, 2.24) is 19.7 Å². The number of fused-ring (bicyclic) bond motifs is 1. The van der Waals surface area contributed by atoms with Crippen molar-refractivity contribution in [3.8, 4) is 0 Å². The van der Waals surface area contributed by atoms with Gasteiger partial charge in [-0.15, -0.1) is 11.8 Å². The summed E-state index contributed by atoms with van der Waals surface area (Å²) in [5.74, 6) is 0.756. The van der Waals surface area contributed by atoms with Gasteiger partial charge in [-0.3, -0.25) is 4.68 Å². The summed E-state index contributed by atoms with van der Waals surface area (Å²) in [4.78, 5) is 9.19. The van der Waals surface area contributed by atoms with Crippen LogP contribution in [-0.2, 0) is 12.8 Å². The van der Waals surface area contributed by atoms with Gasteiger partial charge in [0, 0.05) is 11.9 Å². The minimum Gasteiger partial charge on any atom is -0.250 e. The molecular weight excluding hydrogens is 299 g/mol. The fourth-order valence-electron chi connectivity index (χ4n) is 1.80. The van der Waals surface area contributed by atoms with E-state index < -0.39 is 0 Å². The molecule has 20 heavy (non-hydrogen) atoms. The molecule has 0 atom stereocenters. The molecule has 7 heteroatoms. The van der Waals surface area contributed by atoms with Crippen LogP contribution >= 0.6 is 23.4 Å². The van der Waals surface area contributed by atoms with Crippen LogP contribution in [0.4, 0.5) is 4.39 Å². The van der Waals surface area contributed by atoms with Gasteiger partial charge in [0.25, 0.3) is 0 Å². The lowest BCUT2D eigenvalue weighted by Crippen LogP contribution is -1.98. The lowest BCUT2D eigenvalue weighted by Gasteiger charge is -2.03. The van der Waals surface area contributed by atoms with Crippen molar-refractivity contribution >= 4 is 34.4 Å². The van der Waals surface area contributed by atoms with E-state index in [0.29, 0.717) is 32.7 Å². The van der Waals surface area contributed by atoms with E-state index in [9.17, 15) is 4.39 Å². The van der Waals surface area contributed by atoms with Crippen molar-refractivity contribution in [2.24, 2.45) is 7.05 Å². The third-order valence-corrected chi connectivity index (χ3v) is 4.12. The van der Waals surface area contributed by atoms with Gasteiger partial charge in [0.15, 0.2) is 5.65 Å². The average Bonchev–Trinajstić information content (AvgIpc) is 2.80. The number of benzene rings is 1. The Morgan fingerprint density at radius 1 is 1.30 bits per heavy atom. The lowest BCUT2D eigenvalue weighted by atomic mass is 10.3. The molecule has 2 aromatic heterocycles. The summed E-state index contributed by atoms with van der Waals surface area (Å²) in [5, 5.41) is 5.18. The Morgan fingerprint density at radius 2 is 2.10 bits per heavy atom. The number of hydrogen-bond donors (Lipinski definition) is 0. The van der Waals surface area contributed by atoms with Gasteiger partial charge in [-0.05, 0) is 12.1 Å². The maximum Gasteiger partial charge on any atom is 0.162 e. The third-order valence-electron chi connectivity index (χ3n) is 2.79. The van der Waals surface area contributed by atoms with Crippen molar-refractivity contribution in [3.63, 3.8) is 0 Å². The smallest absolute Gasteiger partial charge is 0.162 e. The number of rotatable bonds is 3. The Morgan fingerprint density at radius 3 is 2.90 bits per heavy atom. The van der Waals surface area contributed by atoms with Gasteiger partial charge in [-0.2, -0.15) is 5.10 Å². The minimum absolute atomic E-state index is 0.245. The topological polar surface area (TPSA) is 43.6 Å². The van der Waals surface area contributed by atoms with Crippen molar-refractivity contribution < 1.29 is 4.39 Å². The molecule has 2 heterocycles. The third kappa shape index (κ3) is 2.48. The van der Waals surface area contributed by atoms with Crippen LogP contribution < -0.4 is 0 Å². The van der Waals surface area contributed by atoms with Crippen LogP contribution in [0.25, 0.3) is 11.0 Å². The Balaban J connectivity index is 1.88. The fraction of sp³-hybridized carbons (Fsp3) is 0.154. The number of hydrogen-bond acceptors (Lipinski definition) is 4. The molecule has 0 bridgehead atoms. The first-order chi connectivity index (χ1) is 9.65. The Kier molecular flexibility index (Phi) is 3.58. The van der Waals surface area contributed by atoms with Gasteiger partial charge in [0.2, 0.25) is 0 Å². The normalized spacial score (nSPS) is 11.2. The molecular formula is C13H10ClFN4S. The summed E-state index contributed by atoms with van der Waals surface area (Å²) < 4.78 is 15.2. The number of nitrogens with zero attached hydrogens (tertiary/aromatic N) is 4. The van der Waals surface area contributed by atoms with Crippen LogP contribution in [0, 0.1) is 5.82 Å². The van der Waals surface area contributed by atoms with Crippen molar-refractivity contribution in [2.45, 2.75) is 10.6 Å². The van der Waals surface area contributed by atoms with Gasteiger partial charge < -0.3 is 0 Å². The molecule has 0 N–H and O–H groups in total. The second kappa shape index (κ2) is 5.38. The van der Waals surface area contributed by atoms with E-state index in [-0.39, 0.29) is 5.82 Å². The van der Waals surface area contributed by atoms with Crippen LogP contribution in [0.1, 0.15) is 5.82 Å². The maximum absolute atomic E-state index is 13.5. The zero-order valence-corrected chi connectivity index (χ0v) is 12.1. The molecule has 102 valence electrons. The van der Waals surface area contributed by atoms with E-state index in [4.69, 9.17) is 11.6 Å². The van der Waals surface area contributed by atoms with Crippen LogP contribution in [0.3, 0.4) is 0 Å². The minimum atomic E-state index is -0.245. The van der Waals surface area contributed by atoms with Gasteiger partial charge in [-0.25, -0.2) is 14.4 Å². The quantitative estimate of drug-likeness (QED) is 0.549. The molecule has 4 nitrogen and oxygen atoms in total. The molecule has 0 fully saturated rings. The first-order valence-corrected chi connectivity index (χ1v) is 7.23. The van der Waals surface area contributed by atoms with Gasteiger partial charge >= 0.3 is 0 Å². The highest BCUT2D eigenvalue weighted by molar-refractivity contribution is 7.98. The molecule has 0 radical (unpaired) electrons. The Labute approximate surface area is 124 Å². The Hall–Kier alpha value is -1.66. The van der Waals surface area contributed by atoms with E-state index in [0.717, 1.165) is 0 Å². The van der Waals surface area contributed by atoms with Crippen molar-refractivity contribution in [2.75, 3.05) is 0 Å². The zero-order valence-electron chi connectivity index (χ0n) is 10.5. The average molecular weight is 309 g/mol. The number of aromatic nitrogens is 4. The maximum atomic E-state index is 13.5. The summed E-state index contributed by atoms with van der Waals surface area (Å²) in [6, 6.07) is 6.61. The molecule has 0 aliphatic carbocycles. The second-order valence-corrected chi connectivity index (χ2v) is 5.53. The molecule has 0 saturated carbocycles. The van der Waals surface area contributed by atoms with Gasteiger partial charge in [0.05, 0.1) is 17.3 Å². The first kappa shape index (κ1) is 13.3. The molecule has 0 amide bonds. The summed E-state index contributed by atoms with van der Waals surface area (Å²) >= 11 is 7.44. The largest absolute Gasteiger partial charge is 0.250 e. The highest BCUT2D eigenvalue weighted by Gasteiger charge is 2.11. The van der Waals surface area contributed by atoms with E-state index in [1.807, 2.05) is 0 Å². The van der Waals surface area contributed by atoms with E-state index in [1.54, 1.807) is 36.1 Å². The monoisotopic (exact) mass is 308 g/mol. The van der Waals surface area contributed by atoms with E-state index >= 15 is 0 Å². The first-order valence-electron chi connectivity index (χ1n) is 5.86. The fourth-order valence-corrected chi connectivity index (χ4v) is 2.82. The van der Waals surface area contributed by atoms with Crippen LogP contribution in [0.2, 0.25) is 5.15 Å². The molecule has 1 aromatic carbocycles. The Bertz CT molecular complexity index is 774. The molecule has 3 rings (SSSR count). The highest BCUT2D eigenvalue weighted by atomic mass is 35.5. The number of thioether (sulfide) groups is 1. The van der Waals surface area contributed by atoms with Crippen molar-refractivity contribution in [1.29, 1.82) is 0 Å². The molecule has 3 aromatic rings. The predicted octanol–water partition coefficient (Wildman–Crippen LogP) is 3.45. The standard InChI is InChI=1S/C13H10ClFN4S/c1-19-13-8(6-16-19)12(14)17-11(18-13)7-20-10-5-3-2-4-9(10)15/h2-6H,7H2,1H3. The molecule has 0 aliphatic rings. The van der Waals surface area contributed by atoms with Crippen LogP contribution in [0.5, 0.6) is 0 Å². The highest BCUT2D eigenvalue weighted by Crippen LogP contribution is 2.26. The molecule has 0 spiro atoms. The lowest BCUT2D eigenvalue weighted by molar-refractivity contribution is 0.602. The molecule has 0 unspecified atom stereocenters. The van der Waals surface area contributed by atoms with Gasteiger partial charge in [-0.1, -0.05) is 23.7 Å². The predicted molar refractivity (Wildman–Crippen MR) is 77.3 cm³/mol. The molecule has 0 saturated heterocycles. The molecule has 0 aliphatic heterocycles. The SMILES string of the molecule is Cn1ncc2c(Cl)nc(CSc3ccccc3F)nc21. The summed E-state index contributed by atoms with van der Waals surface area (Å²) in [6.07, 6.45) is 1.63. The van der Waals surface area contributed by atoms with Crippen LogP contribution in [0.15, 0.2) is 35.4 Å². The number of halogens is 2. The summed E-state index contributed by atoms with van der Waals surface area (Å²) in [6.45, 7) is 0. The van der Waals surface area contributed by atoms with Crippen LogP contribution in [-0.4, -0.2) is 19.7 Å². The summed E-state index contributed by atoms with van der Waals surface area (Å²) in [5.41, 5.74) is 0.675. The van der Waals surface area contributed by atoms with Crippen molar-refractivity contribution in [3.05, 3.63) is 47.3 Å².